The molecule has 8 nitrogen and oxygen atoms in total. The molecule has 0 radical (unpaired) electrons. The molecule has 3 aromatic carbocycles. The highest BCUT2D eigenvalue weighted by molar-refractivity contribution is 6.30. The van der Waals surface area contributed by atoms with Crippen LogP contribution in [0.2, 0.25) is 10.0 Å². The Kier molecular flexibility index (Phi) is 10.5. The van der Waals surface area contributed by atoms with E-state index in [2.05, 4.69) is 56.9 Å². The molecular formula is C37H34Cl2F3N5O3. The van der Waals surface area contributed by atoms with E-state index in [0.717, 1.165) is 47.2 Å². The first-order valence-corrected chi connectivity index (χ1v) is 16.9. The van der Waals surface area contributed by atoms with Crippen LogP contribution in [-0.2, 0) is 11.3 Å². The summed E-state index contributed by atoms with van der Waals surface area (Å²) in [4.78, 5) is 32.6. The smallest absolute Gasteiger partial charge is 0.475 e. The Bertz CT molecular complexity index is 1940. The lowest BCUT2D eigenvalue weighted by Crippen LogP contribution is -2.35. The minimum absolute atomic E-state index is 0.0390. The largest absolute Gasteiger partial charge is 0.490 e. The summed E-state index contributed by atoms with van der Waals surface area (Å²) in [5.41, 5.74) is 12.5. The third-order valence-corrected chi connectivity index (χ3v) is 9.54. The highest BCUT2D eigenvalue weighted by Gasteiger charge is 2.38. The zero-order valence-electron chi connectivity index (χ0n) is 26.8. The van der Waals surface area contributed by atoms with E-state index < -0.39 is 18.1 Å². The SMILES string of the molecule is NC(=O)c1cccc(CN2CCC(n3c(C4CC4)nc4ccc(C(c5ccc(Cl)cc5)c5ccc(Cl)cc5)cc43)CC2)n1.O=C(O)C(F)(F)F. The standard InChI is InChI=1S/C35H33Cl2N5O.C2HF3O2/c36-26-11-6-22(7-12-26)33(23-8-13-27(37)14-9-23)25-10-15-30-32(20-25)42(35(40-30)24-4-5-24)29-16-18-41(19-17-29)21-28-2-1-3-31(39-28)34(38)43;3-2(4,5)1(6)7/h1-3,6-15,20,24,29,33H,4-5,16-19,21H2,(H2,38,43);(H,6,7). The van der Waals surface area contributed by atoms with Crippen LogP contribution in [0.15, 0.2) is 84.9 Å². The molecule has 260 valence electrons. The van der Waals surface area contributed by atoms with E-state index in [-0.39, 0.29) is 5.92 Å². The molecule has 7 rings (SSSR count). The fourth-order valence-corrected chi connectivity index (χ4v) is 6.73. The Morgan fingerprint density at radius 2 is 1.40 bits per heavy atom. The fourth-order valence-electron chi connectivity index (χ4n) is 6.48. The number of rotatable bonds is 8. The number of hydrogen-bond acceptors (Lipinski definition) is 5. The number of piperidine rings is 1. The number of pyridine rings is 1. The van der Waals surface area contributed by atoms with Gasteiger partial charge in [0.25, 0.3) is 5.91 Å². The number of amides is 1. The molecule has 2 aliphatic rings. The fraction of sp³-hybridized carbons (Fsp3) is 0.297. The molecule has 2 fully saturated rings. The van der Waals surface area contributed by atoms with Crippen LogP contribution < -0.4 is 5.73 Å². The lowest BCUT2D eigenvalue weighted by atomic mass is 9.85. The van der Waals surface area contributed by atoms with Gasteiger partial charge in [0.15, 0.2) is 0 Å². The second-order valence-corrected chi connectivity index (χ2v) is 13.5. The normalized spacial score (nSPS) is 15.6. The Hall–Kier alpha value is -4.45. The van der Waals surface area contributed by atoms with Crippen LogP contribution in [0.3, 0.4) is 0 Å². The van der Waals surface area contributed by atoms with Gasteiger partial charge in [0, 0.05) is 47.6 Å². The van der Waals surface area contributed by atoms with Crippen molar-refractivity contribution in [3.8, 4) is 0 Å². The van der Waals surface area contributed by atoms with Gasteiger partial charge in [-0.2, -0.15) is 13.2 Å². The molecule has 3 N–H and O–H groups in total. The van der Waals surface area contributed by atoms with Gasteiger partial charge in [0.2, 0.25) is 0 Å². The van der Waals surface area contributed by atoms with Crippen molar-refractivity contribution in [3.63, 3.8) is 0 Å². The van der Waals surface area contributed by atoms with Crippen molar-refractivity contribution in [3.05, 3.63) is 129 Å². The monoisotopic (exact) mass is 723 g/mol. The minimum Gasteiger partial charge on any atom is -0.475 e. The van der Waals surface area contributed by atoms with E-state index in [1.165, 1.54) is 40.9 Å². The first kappa shape index (κ1) is 35.4. The Morgan fingerprint density at radius 1 is 0.840 bits per heavy atom. The Balaban J connectivity index is 0.000000561. The molecule has 1 saturated carbocycles. The van der Waals surface area contributed by atoms with Gasteiger partial charge < -0.3 is 15.4 Å². The molecule has 0 bridgehead atoms. The molecule has 0 spiro atoms. The number of imidazole rings is 1. The third kappa shape index (κ3) is 8.29. The van der Waals surface area contributed by atoms with Crippen LogP contribution >= 0.6 is 23.2 Å². The number of carboxylic acids is 1. The van der Waals surface area contributed by atoms with E-state index in [0.29, 0.717) is 24.2 Å². The van der Waals surface area contributed by atoms with Gasteiger partial charge in [0.05, 0.1) is 16.7 Å². The van der Waals surface area contributed by atoms with Crippen LogP contribution in [0.5, 0.6) is 0 Å². The summed E-state index contributed by atoms with van der Waals surface area (Å²) in [6.07, 6.45) is -0.616. The van der Waals surface area contributed by atoms with Crippen molar-refractivity contribution < 1.29 is 27.9 Å². The predicted molar refractivity (Wildman–Crippen MR) is 186 cm³/mol. The first-order valence-electron chi connectivity index (χ1n) is 16.2. The van der Waals surface area contributed by atoms with Crippen molar-refractivity contribution in [2.45, 2.75) is 56.3 Å². The Morgan fingerprint density at radius 3 is 1.92 bits per heavy atom. The summed E-state index contributed by atoms with van der Waals surface area (Å²) in [6.45, 7) is 2.62. The van der Waals surface area contributed by atoms with Crippen molar-refractivity contribution in [1.82, 2.24) is 19.4 Å². The molecule has 50 heavy (non-hydrogen) atoms. The maximum Gasteiger partial charge on any atom is 0.490 e. The van der Waals surface area contributed by atoms with Crippen LogP contribution in [0, 0.1) is 0 Å². The van der Waals surface area contributed by atoms with Gasteiger partial charge in [-0.25, -0.2) is 14.8 Å². The van der Waals surface area contributed by atoms with Crippen LogP contribution in [0.25, 0.3) is 11.0 Å². The van der Waals surface area contributed by atoms with E-state index in [9.17, 15) is 18.0 Å². The number of primary amides is 1. The number of carbonyl (C=O) groups excluding carboxylic acids is 1. The highest BCUT2D eigenvalue weighted by atomic mass is 35.5. The van der Waals surface area contributed by atoms with E-state index >= 15 is 0 Å². The van der Waals surface area contributed by atoms with Gasteiger partial charge >= 0.3 is 12.1 Å². The van der Waals surface area contributed by atoms with Crippen molar-refractivity contribution >= 4 is 46.1 Å². The minimum atomic E-state index is -5.08. The average molecular weight is 725 g/mol. The quantitative estimate of drug-likeness (QED) is 0.156. The van der Waals surface area contributed by atoms with Crippen molar-refractivity contribution in [2.24, 2.45) is 5.73 Å². The molecule has 5 aromatic rings. The zero-order chi connectivity index (χ0) is 35.6. The van der Waals surface area contributed by atoms with Crippen LogP contribution in [-0.4, -0.2) is 55.7 Å². The highest BCUT2D eigenvalue weighted by Crippen LogP contribution is 2.44. The molecule has 1 aliphatic heterocycles. The van der Waals surface area contributed by atoms with Gasteiger partial charge in [-0.05, 0) is 90.9 Å². The van der Waals surface area contributed by atoms with Crippen molar-refractivity contribution in [2.75, 3.05) is 13.1 Å². The van der Waals surface area contributed by atoms with E-state index in [1.807, 2.05) is 36.4 Å². The molecule has 3 heterocycles. The predicted octanol–water partition coefficient (Wildman–Crippen LogP) is 8.37. The van der Waals surface area contributed by atoms with Crippen LogP contribution in [0.4, 0.5) is 13.2 Å². The molecule has 1 amide bonds. The van der Waals surface area contributed by atoms with Crippen LogP contribution in [0.1, 0.15) is 82.3 Å². The number of benzene rings is 3. The topological polar surface area (TPSA) is 114 Å². The average Bonchev–Trinajstić information content (AvgIpc) is 3.87. The number of likely N-dealkylation sites (tertiary alicyclic amines) is 1. The summed E-state index contributed by atoms with van der Waals surface area (Å²) < 4.78 is 34.3. The summed E-state index contributed by atoms with van der Waals surface area (Å²) in [7, 11) is 0. The number of alkyl halides is 3. The molecule has 0 atom stereocenters. The van der Waals surface area contributed by atoms with Gasteiger partial charge in [-0.3, -0.25) is 9.69 Å². The molecule has 2 aromatic heterocycles. The summed E-state index contributed by atoms with van der Waals surface area (Å²) in [5, 5.41) is 8.58. The van der Waals surface area contributed by atoms with Gasteiger partial charge in [-0.1, -0.05) is 59.6 Å². The number of nitrogens with zero attached hydrogens (tertiary/aromatic N) is 4. The number of aliphatic carboxylic acids is 1. The number of carboxylic acid groups (broad SMARTS) is 1. The lowest BCUT2D eigenvalue weighted by molar-refractivity contribution is -0.192. The Labute approximate surface area is 296 Å². The van der Waals surface area contributed by atoms with E-state index in [1.54, 1.807) is 6.07 Å². The number of aromatic nitrogens is 3. The molecule has 13 heteroatoms. The third-order valence-electron chi connectivity index (χ3n) is 9.03. The number of hydrogen-bond donors (Lipinski definition) is 2. The molecular weight excluding hydrogens is 690 g/mol. The molecule has 1 saturated heterocycles. The summed E-state index contributed by atoms with van der Waals surface area (Å²) >= 11 is 12.5. The van der Waals surface area contributed by atoms with Crippen molar-refractivity contribution in [1.29, 1.82) is 0 Å². The maximum absolute atomic E-state index is 11.6. The molecule has 0 unspecified atom stereocenters. The second-order valence-electron chi connectivity index (χ2n) is 12.6. The summed E-state index contributed by atoms with van der Waals surface area (Å²) in [5.74, 6) is -1.44. The zero-order valence-corrected chi connectivity index (χ0v) is 28.3. The van der Waals surface area contributed by atoms with E-state index in [4.69, 9.17) is 43.8 Å². The lowest BCUT2D eigenvalue weighted by Gasteiger charge is -2.33. The number of halogens is 5. The molecule has 1 aliphatic carbocycles. The maximum atomic E-state index is 11.6. The number of fused-ring (bicyclic) bond motifs is 1. The van der Waals surface area contributed by atoms with Gasteiger partial charge in [-0.15, -0.1) is 0 Å². The van der Waals surface area contributed by atoms with Gasteiger partial charge in [0.1, 0.15) is 11.5 Å². The summed E-state index contributed by atoms with van der Waals surface area (Å²) in [6, 6.07) is 28.9. The first-order chi connectivity index (χ1) is 23.9. The number of carbonyl (C=O) groups is 2. The number of nitrogens with two attached hydrogens (primary N) is 1. The second kappa shape index (κ2) is 14.8.